The van der Waals surface area contributed by atoms with Crippen molar-refractivity contribution in [2.75, 3.05) is 48.7 Å². The van der Waals surface area contributed by atoms with E-state index in [1.807, 2.05) is 13.8 Å². The number of aliphatic hydroxyl groups excluding tert-OH is 1. The van der Waals surface area contributed by atoms with Crippen LogP contribution in [0.5, 0.6) is 28.7 Å². The Hall–Kier alpha value is -3.92. The average molecular weight is 516 g/mol. The molecule has 1 fully saturated rings. The second-order valence-corrected chi connectivity index (χ2v) is 8.44. The van der Waals surface area contributed by atoms with Crippen LogP contribution >= 0.6 is 0 Å². The number of hydrogen-bond donors (Lipinski definition) is 1. The van der Waals surface area contributed by atoms with Gasteiger partial charge < -0.3 is 38.4 Å². The number of nitrogens with zero attached hydrogens (tertiary/aromatic N) is 1. The van der Waals surface area contributed by atoms with Gasteiger partial charge >= 0.3 is 0 Å². The van der Waals surface area contributed by atoms with E-state index in [9.17, 15) is 14.7 Å². The summed E-state index contributed by atoms with van der Waals surface area (Å²) in [4.78, 5) is 27.9. The van der Waals surface area contributed by atoms with Crippen molar-refractivity contribution in [2.45, 2.75) is 26.0 Å². The van der Waals surface area contributed by atoms with Gasteiger partial charge in [0.2, 0.25) is 5.75 Å². The molecule has 1 atom stereocenters. The van der Waals surface area contributed by atoms with Crippen LogP contribution in [-0.4, -0.2) is 76.5 Å². The summed E-state index contributed by atoms with van der Waals surface area (Å²) in [6.45, 7) is 4.07. The summed E-state index contributed by atoms with van der Waals surface area (Å²) in [6.07, 6.45) is -0.0665. The lowest BCUT2D eigenvalue weighted by Gasteiger charge is -2.27. The number of Topliss-reactive ketones (excluding diaryl/α,β-unsaturated/α-hetero) is 1. The first kappa shape index (κ1) is 27.7. The minimum absolute atomic E-state index is 0.0665. The van der Waals surface area contributed by atoms with Crippen LogP contribution in [0.15, 0.2) is 35.9 Å². The third-order valence-corrected chi connectivity index (χ3v) is 5.98. The summed E-state index contributed by atoms with van der Waals surface area (Å²) in [5.41, 5.74) is 0.683. The summed E-state index contributed by atoms with van der Waals surface area (Å²) in [5.74, 6) is -0.0938. The fraction of sp³-hybridized carbons (Fsp3) is 0.407. The molecule has 1 aliphatic heterocycles. The Morgan fingerprint density at radius 1 is 0.865 bits per heavy atom. The molecule has 1 saturated heterocycles. The molecule has 0 aliphatic carbocycles. The van der Waals surface area contributed by atoms with E-state index in [1.54, 1.807) is 24.3 Å². The molecule has 1 heterocycles. The molecular weight excluding hydrogens is 482 g/mol. The maximum Gasteiger partial charge on any atom is 0.295 e. The topological polar surface area (TPSA) is 113 Å². The van der Waals surface area contributed by atoms with E-state index in [2.05, 4.69) is 0 Å². The minimum atomic E-state index is -0.947. The summed E-state index contributed by atoms with van der Waals surface area (Å²) in [7, 11) is 7.38. The van der Waals surface area contributed by atoms with Crippen LogP contribution in [0.25, 0.3) is 5.76 Å². The number of carbonyl (C=O) groups is 2. The first-order valence-electron chi connectivity index (χ1n) is 11.6. The fourth-order valence-corrected chi connectivity index (χ4v) is 4.24. The van der Waals surface area contributed by atoms with E-state index >= 15 is 0 Å². The molecule has 0 aromatic heterocycles. The van der Waals surface area contributed by atoms with Crippen molar-refractivity contribution in [3.63, 3.8) is 0 Å². The molecule has 1 N–H and O–H groups in total. The van der Waals surface area contributed by atoms with Crippen molar-refractivity contribution >= 4 is 17.4 Å². The molecule has 10 nitrogen and oxygen atoms in total. The molecule has 1 amide bonds. The zero-order chi connectivity index (χ0) is 27.3. The Balaban J connectivity index is 2.24. The summed E-state index contributed by atoms with van der Waals surface area (Å²) < 4.78 is 32.7. The second kappa shape index (κ2) is 11.9. The zero-order valence-corrected chi connectivity index (χ0v) is 22.1. The lowest BCUT2D eigenvalue weighted by Crippen LogP contribution is -2.33. The van der Waals surface area contributed by atoms with Crippen molar-refractivity contribution in [1.82, 2.24) is 4.90 Å². The van der Waals surface area contributed by atoms with E-state index in [0.29, 0.717) is 34.3 Å². The predicted octanol–water partition coefficient (Wildman–Crippen LogP) is 3.58. The monoisotopic (exact) mass is 515 g/mol. The fourth-order valence-electron chi connectivity index (χ4n) is 4.24. The quantitative estimate of drug-likeness (QED) is 0.273. The lowest BCUT2D eigenvalue weighted by molar-refractivity contribution is -0.140. The number of benzene rings is 2. The number of hydrogen-bond acceptors (Lipinski definition) is 9. The normalized spacial score (nSPS) is 16.8. The van der Waals surface area contributed by atoms with Crippen LogP contribution in [0.1, 0.15) is 31.0 Å². The molecule has 10 heteroatoms. The smallest absolute Gasteiger partial charge is 0.295 e. The molecule has 0 radical (unpaired) electrons. The van der Waals surface area contributed by atoms with Gasteiger partial charge in [0.1, 0.15) is 5.76 Å². The molecule has 0 saturated carbocycles. The van der Waals surface area contributed by atoms with Crippen molar-refractivity contribution < 1.29 is 43.1 Å². The van der Waals surface area contributed by atoms with E-state index in [0.717, 1.165) is 0 Å². The summed E-state index contributed by atoms with van der Waals surface area (Å²) in [6, 6.07) is 7.08. The van der Waals surface area contributed by atoms with Crippen molar-refractivity contribution in [3.05, 3.63) is 47.0 Å². The van der Waals surface area contributed by atoms with Gasteiger partial charge in [-0.25, -0.2) is 0 Å². The SMILES string of the molecule is COc1ccc(/C(O)=C2\C(=O)C(=O)N(CCOC(C)C)C2c2cc(OC)c(OC)c(OC)c2)cc1OC. The third kappa shape index (κ3) is 5.43. The lowest BCUT2D eigenvalue weighted by atomic mass is 9.94. The number of rotatable bonds is 11. The molecule has 0 spiro atoms. The molecule has 0 bridgehead atoms. The summed E-state index contributed by atoms with van der Waals surface area (Å²) >= 11 is 0. The Bertz CT molecular complexity index is 1160. The molecule has 200 valence electrons. The Labute approximate surface area is 216 Å². The Kier molecular flexibility index (Phi) is 8.88. The second-order valence-electron chi connectivity index (χ2n) is 8.44. The number of carbonyl (C=O) groups excluding carboxylic acids is 2. The Morgan fingerprint density at radius 3 is 1.97 bits per heavy atom. The standard InChI is InChI=1S/C27H33NO9/c1-15(2)37-11-10-28-23(17-13-20(34-5)26(36-7)21(14-17)35-6)22(25(30)27(28)31)24(29)16-8-9-18(32-3)19(12-16)33-4/h8-9,12-15,23,29H,10-11H2,1-7H3/b24-22+. The zero-order valence-electron chi connectivity index (χ0n) is 22.1. The maximum absolute atomic E-state index is 13.3. The highest BCUT2D eigenvalue weighted by molar-refractivity contribution is 6.46. The molecule has 3 rings (SSSR count). The van der Waals surface area contributed by atoms with Crippen LogP contribution in [0.2, 0.25) is 0 Å². The van der Waals surface area contributed by atoms with Crippen LogP contribution in [0.3, 0.4) is 0 Å². The first-order valence-corrected chi connectivity index (χ1v) is 11.6. The molecule has 2 aromatic rings. The highest BCUT2D eigenvalue weighted by Gasteiger charge is 2.46. The average Bonchev–Trinajstić information content (AvgIpc) is 3.16. The largest absolute Gasteiger partial charge is 0.507 e. The number of ether oxygens (including phenoxy) is 6. The minimum Gasteiger partial charge on any atom is -0.507 e. The van der Waals surface area contributed by atoms with Crippen LogP contribution in [0, 0.1) is 0 Å². The molecule has 1 aliphatic rings. The van der Waals surface area contributed by atoms with Gasteiger partial charge in [-0.05, 0) is 49.7 Å². The molecule has 37 heavy (non-hydrogen) atoms. The first-order chi connectivity index (χ1) is 17.7. The number of methoxy groups -OCH3 is 5. The number of amides is 1. The van der Waals surface area contributed by atoms with Crippen LogP contribution in [0.4, 0.5) is 0 Å². The highest BCUT2D eigenvalue weighted by atomic mass is 16.5. The number of likely N-dealkylation sites (tertiary alicyclic amines) is 1. The van der Waals surface area contributed by atoms with Crippen LogP contribution in [-0.2, 0) is 14.3 Å². The Morgan fingerprint density at radius 2 is 1.46 bits per heavy atom. The van der Waals surface area contributed by atoms with Gasteiger partial charge in [0, 0.05) is 12.1 Å². The van der Waals surface area contributed by atoms with E-state index in [4.69, 9.17) is 28.4 Å². The number of aliphatic hydroxyl groups is 1. The van der Waals surface area contributed by atoms with Gasteiger partial charge in [-0.3, -0.25) is 9.59 Å². The molecule has 1 unspecified atom stereocenters. The van der Waals surface area contributed by atoms with Gasteiger partial charge in [0.05, 0.1) is 59.9 Å². The van der Waals surface area contributed by atoms with E-state index in [1.165, 1.54) is 46.5 Å². The maximum atomic E-state index is 13.3. The highest BCUT2D eigenvalue weighted by Crippen LogP contribution is 2.46. The van der Waals surface area contributed by atoms with Crippen LogP contribution < -0.4 is 23.7 Å². The summed E-state index contributed by atoms with van der Waals surface area (Å²) in [5, 5.41) is 11.4. The number of ketones is 1. The van der Waals surface area contributed by atoms with Gasteiger partial charge in [0.15, 0.2) is 23.0 Å². The van der Waals surface area contributed by atoms with Crippen molar-refractivity contribution in [1.29, 1.82) is 0 Å². The van der Waals surface area contributed by atoms with Gasteiger partial charge in [-0.1, -0.05) is 0 Å². The van der Waals surface area contributed by atoms with Gasteiger partial charge in [-0.15, -0.1) is 0 Å². The molecule has 2 aromatic carbocycles. The third-order valence-electron chi connectivity index (χ3n) is 5.98. The van der Waals surface area contributed by atoms with Crippen molar-refractivity contribution in [3.8, 4) is 28.7 Å². The molecular formula is C27H33NO9. The van der Waals surface area contributed by atoms with Crippen molar-refractivity contribution in [2.24, 2.45) is 0 Å². The van der Waals surface area contributed by atoms with E-state index < -0.39 is 17.7 Å². The van der Waals surface area contributed by atoms with Gasteiger partial charge in [0.25, 0.3) is 11.7 Å². The van der Waals surface area contributed by atoms with E-state index in [-0.39, 0.29) is 36.2 Å². The van der Waals surface area contributed by atoms with Gasteiger partial charge in [-0.2, -0.15) is 0 Å². The predicted molar refractivity (Wildman–Crippen MR) is 136 cm³/mol.